The number of urea groups is 1. The second-order valence-electron chi connectivity index (χ2n) is 9.52. The van der Waals surface area contributed by atoms with E-state index in [-0.39, 0.29) is 12.6 Å². The summed E-state index contributed by atoms with van der Waals surface area (Å²) in [6.45, 7) is 10.7. The van der Waals surface area contributed by atoms with E-state index in [4.69, 9.17) is 14.6 Å². The van der Waals surface area contributed by atoms with Gasteiger partial charge in [-0.1, -0.05) is 32.0 Å². The number of esters is 1. The molecule has 194 valence electrons. The number of amides is 2. The predicted molar refractivity (Wildman–Crippen MR) is 142 cm³/mol. The summed E-state index contributed by atoms with van der Waals surface area (Å²) in [6, 6.07) is 14.5. The Kier molecular flexibility index (Phi) is 7.96. The van der Waals surface area contributed by atoms with Crippen molar-refractivity contribution in [3.63, 3.8) is 0 Å². The lowest BCUT2D eigenvalue weighted by Gasteiger charge is -2.27. The first kappa shape index (κ1) is 26.0. The molecule has 0 unspecified atom stereocenters. The molecule has 0 spiro atoms. The molecule has 2 heterocycles. The third kappa shape index (κ3) is 5.85. The molecule has 0 saturated carbocycles. The van der Waals surface area contributed by atoms with Gasteiger partial charge in [0.1, 0.15) is 5.75 Å². The molecule has 0 bridgehead atoms. The van der Waals surface area contributed by atoms with E-state index < -0.39 is 12.0 Å². The number of hydrogen-bond acceptors (Lipinski definition) is 5. The van der Waals surface area contributed by atoms with Crippen LogP contribution in [0.1, 0.15) is 51.3 Å². The molecule has 37 heavy (non-hydrogen) atoms. The van der Waals surface area contributed by atoms with Crippen LogP contribution in [0.15, 0.2) is 66.0 Å². The lowest BCUT2D eigenvalue weighted by molar-refractivity contribution is -0.139. The number of aryl methyl sites for hydroxylation is 1. The largest absolute Gasteiger partial charge is 0.493 e. The predicted octanol–water partition coefficient (Wildman–Crippen LogP) is 5.46. The first-order chi connectivity index (χ1) is 17.8. The van der Waals surface area contributed by atoms with Crippen LogP contribution in [0.2, 0.25) is 0 Å². The fourth-order valence-corrected chi connectivity index (χ4v) is 4.31. The van der Waals surface area contributed by atoms with Gasteiger partial charge in [-0.25, -0.2) is 14.3 Å². The van der Waals surface area contributed by atoms with Crippen LogP contribution in [-0.4, -0.2) is 35.0 Å². The Bertz CT molecular complexity index is 1310. The zero-order valence-electron chi connectivity index (χ0n) is 22.0. The molecule has 2 N–H and O–H groups in total. The van der Waals surface area contributed by atoms with Crippen LogP contribution in [0.3, 0.4) is 0 Å². The van der Waals surface area contributed by atoms with Gasteiger partial charge >= 0.3 is 12.0 Å². The van der Waals surface area contributed by atoms with Crippen molar-refractivity contribution in [2.75, 3.05) is 13.2 Å². The van der Waals surface area contributed by atoms with Crippen LogP contribution in [0, 0.1) is 12.8 Å². The van der Waals surface area contributed by atoms with Gasteiger partial charge in [0.2, 0.25) is 0 Å². The van der Waals surface area contributed by atoms with Crippen molar-refractivity contribution in [3.05, 3.63) is 77.1 Å². The summed E-state index contributed by atoms with van der Waals surface area (Å²) in [4.78, 5) is 25.5. The lowest BCUT2D eigenvalue weighted by atomic mass is 9.93. The molecule has 1 aliphatic rings. The van der Waals surface area contributed by atoms with E-state index in [1.165, 1.54) is 0 Å². The van der Waals surface area contributed by atoms with Crippen molar-refractivity contribution >= 4 is 12.0 Å². The van der Waals surface area contributed by atoms with Crippen LogP contribution in [0.5, 0.6) is 5.75 Å². The molecule has 1 atom stereocenters. The van der Waals surface area contributed by atoms with Crippen LogP contribution in [0.25, 0.3) is 16.9 Å². The Morgan fingerprint density at radius 3 is 2.57 bits per heavy atom. The third-order valence-electron chi connectivity index (χ3n) is 6.24. The average molecular weight is 503 g/mol. The van der Waals surface area contributed by atoms with E-state index >= 15 is 0 Å². The Labute approximate surface area is 217 Å². The maximum Gasteiger partial charge on any atom is 0.338 e. The second kappa shape index (κ2) is 11.3. The summed E-state index contributed by atoms with van der Waals surface area (Å²) in [5, 5.41) is 10.5. The standard InChI is InChI=1S/C29H34N4O4/c1-6-36-28(34)25-20(5)30-29(35)31-27(25)23-17-33(22-10-8-7-9-11-22)32-26(23)21-12-13-24(19(4)16-21)37-15-14-18(2)3/h7-13,16-18,27H,6,14-15H2,1-5H3,(H2,30,31,35)/t27-/m0/s1. The fourth-order valence-electron chi connectivity index (χ4n) is 4.31. The number of para-hydroxylation sites is 1. The number of rotatable bonds is 9. The molecule has 2 aromatic carbocycles. The maximum atomic E-state index is 13.0. The summed E-state index contributed by atoms with van der Waals surface area (Å²) in [5.74, 6) is 0.905. The van der Waals surface area contributed by atoms with Crippen LogP contribution in [0.4, 0.5) is 4.79 Å². The van der Waals surface area contributed by atoms with Crippen molar-refractivity contribution in [1.29, 1.82) is 0 Å². The zero-order valence-corrected chi connectivity index (χ0v) is 22.0. The molecule has 4 rings (SSSR count). The number of allylic oxidation sites excluding steroid dienone is 1. The lowest BCUT2D eigenvalue weighted by Crippen LogP contribution is -2.45. The minimum Gasteiger partial charge on any atom is -0.493 e. The van der Waals surface area contributed by atoms with Gasteiger partial charge < -0.3 is 20.1 Å². The van der Waals surface area contributed by atoms with E-state index in [0.717, 1.165) is 29.0 Å². The zero-order chi connectivity index (χ0) is 26.5. The smallest absolute Gasteiger partial charge is 0.338 e. The normalized spacial score (nSPS) is 15.4. The number of hydrogen-bond donors (Lipinski definition) is 2. The number of nitrogens with zero attached hydrogens (tertiary/aromatic N) is 2. The highest BCUT2D eigenvalue weighted by Crippen LogP contribution is 2.36. The van der Waals surface area contributed by atoms with Gasteiger partial charge in [0.15, 0.2) is 0 Å². The highest BCUT2D eigenvalue weighted by molar-refractivity contribution is 5.95. The van der Waals surface area contributed by atoms with Crippen LogP contribution >= 0.6 is 0 Å². The Balaban J connectivity index is 1.81. The number of carbonyl (C=O) groups is 2. The van der Waals surface area contributed by atoms with Crippen molar-refractivity contribution in [2.45, 2.75) is 47.1 Å². The van der Waals surface area contributed by atoms with Crippen LogP contribution in [-0.2, 0) is 9.53 Å². The van der Waals surface area contributed by atoms with E-state index in [1.807, 2.05) is 61.7 Å². The molecule has 0 fully saturated rings. The van der Waals surface area contributed by atoms with Crippen LogP contribution < -0.4 is 15.4 Å². The summed E-state index contributed by atoms with van der Waals surface area (Å²) < 4.78 is 13.1. The van der Waals surface area contributed by atoms with Crippen molar-refractivity contribution in [3.8, 4) is 22.7 Å². The maximum absolute atomic E-state index is 13.0. The summed E-state index contributed by atoms with van der Waals surface area (Å²) in [6.07, 6.45) is 2.83. The summed E-state index contributed by atoms with van der Waals surface area (Å²) >= 11 is 0. The molecule has 2 amide bonds. The Morgan fingerprint density at radius 2 is 1.89 bits per heavy atom. The second-order valence-corrected chi connectivity index (χ2v) is 9.52. The number of nitrogens with one attached hydrogen (secondary N) is 2. The fraction of sp³-hybridized carbons (Fsp3) is 0.345. The van der Waals surface area contributed by atoms with Gasteiger partial charge in [-0.3, -0.25) is 0 Å². The van der Waals surface area contributed by atoms with Gasteiger partial charge in [-0.15, -0.1) is 0 Å². The minimum absolute atomic E-state index is 0.226. The molecular weight excluding hydrogens is 468 g/mol. The minimum atomic E-state index is -0.734. The summed E-state index contributed by atoms with van der Waals surface area (Å²) in [7, 11) is 0. The Hall–Kier alpha value is -4.07. The monoisotopic (exact) mass is 502 g/mol. The third-order valence-corrected chi connectivity index (χ3v) is 6.24. The molecule has 0 saturated heterocycles. The number of carbonyl (C=O) groups excluding carboxylic acids is 2. The molecule has 8 heteroatoms. The first-order valence-electron chi connectivity index (χ1n) is 12.6. The average Bonchev–Trinajstić information content (AvgIpc) is 3.30. The van der Waals surface area contributed by atoms with Crippen molar-refractivity contribution in [2.24, 2.45) is 5.92 Å². The molecule has 1 aliphatic heterocycles. The molecule has 3 aromatic rings. The van der Waals surface area contributed by atoms with Crippen molar-refractivity contribution < 1.29 is 19.1 Å². The highest BCUT2D eigenvalue weighted by atomic mass is 16.5. The van der Waals surface area contributed by atoms with Gasteiger partial charge in [0, 0.05) is 23.0 Å². The van der Waals surface area contributed by atoms with E-state index in [2.05, 4.69) is 24.5 Å². The van der Waals surface area contributed by atoms with Crippen molar-refractivity contribution in [1.82, 2.24) is 20.4 Å². The SMILES string of the molecule is CCOC(=O)C1=C(C)NC(=O)N[C@H]1c1cn(-c2ccccc2)nc1-c1ccc(OCCC(C)C)c(C)c1. The quantitative estimate of drug-likeness (QED) is 0.379. The summed E-state index contributed by atoms with van der Waals surface area (Å²) in [5.41, 5.74) is 4.84. The van der Waals surface area contributed by atoms with Gasteiger partial charge in [0.05, 0.1) is 36.2 Å². The number of ether oxygens (including phenoxy) is 2. The van der Waals surface area contributed by atoms with Gasteiger partial charge in [-0.2, -0.15) is 5.10 Å². The number of aromatic nitrogens is 2. The molecular formula is C29H34N4O4. The molecule has 8 nitrogen and oxygen atoms in total. The highest BCUT2D eigenvalue weighted by Gasteiger charge is 2.35. The van der Waals surface area contributed by atoms with Gasteiger partial charge in [0.25, 0.3) is 0 Å². The van der Waals surface area contributed by atoms with E-state index in [1.54, 1.807) is 18.5 Å². The topological polar surface area (TPSA) is 94.5 Å². The van der Waals surface area contributed by atoms with E-state index in [9.17, 15) is 9.59 Å². The molecule has 0 aliphatic carbocycles. The number of benzene rings is 2. The Morgan fingerprint density at radius 1 is 1.14 bits per heavy atom. The molecule has 1 aromatic heterocycles. The van der Waals surface area contributed by atoms with Gasteiger partial charge in [-0.05, 0) is 69.0 Å². The molecule has 0 radical (unpaired) electrons. The van der Waals surface area contributed by atoms with E-state index in [0.29, 0.717) is 35.1 Å². The first-order valence-corrected chi connectivity index (χ1v) is 12.6.